The van der Waals surface area contributed by atoms with Crippen molar-refractivity contribution in [1.82, 2.24) is 4.90 Å². The number of carbonyl (C=O) groups is 1. The van der Waals surface area contributed by atoms with Crippen LogP contribution in [0.4, 0.5) is 4.79 Å². The van der Waals surface area contributed by atoms with Gasteiger partial charge in [-0.15, -0.1) is 0 Å². The van der Waals surface area contributed by atoms with Gasteiger partial charge in [-0.3, -0.25) is 0 Å². The van der Waals surface area contributed by atoms with Crippen molar-refractivity contribution in [3.63, 3.8) is 0 Å². The fraction of sp³-hybridized carbons (Fsp3) is 0.421. The number of benzene rings is 1. The van der Waals surface area contributed by atoms with E-state index < -0.39 is 0 Å². The summed E-state index contributed by atoms with van der Waals surface area (Å²) in [4.78, 5) is 14.1. The number of rotatable bonds is 6. The second-order valence-electron chi connectivity index (χ2n) is 5.72. The lowest BCUT2D eigenvalue weighted by Crippen LogP contribution is -2.42. The molecule has 0 bridgehead atoms. The van der Waals surface area contributed by atoms with Crippen molar-refractivity contribution in [3.05, 3.63) is 53.8 Å². The van der Waals surface area contributed by atoms with Gasteiger partial charge in [0.25, 0.3) is 0 Å². The Morgan fingerprint density at radius 3 is 2.23 bits per heavy atom. The van der Waals surface area contributed by atoms with Gasteiger partial charge in [0, 0.05) is 12.1 Å². The molecular formula is C19H27NO2. The molecule has 0 saturated carbocycles. The van der Waals surface area contributed by atoms with Gasteiger partial charge in [0.1, 0.15) is 5.76 Å². The maximum absolute atomic E-state index is 12.4. The van der Waals surface area contributed by atoms with E-state index in [2.05, 4.69) is 0 Å². The van der Waals surface area contributed by atoms with Gasteiger partial charge in [-0.1, -0.05) is 43.3 Å². The van der Waals surface area contributed by atoms with Crippen LogP contribution in [-0.2, 0) is 4.74 Å². The first kappa shape index (κ1) is 18.0. The van der Waals surface area contributed by atoms with Crippen molar-refractivity contribution in [2.45, 2.75) is 53.1 Å². The van der Waals surface area contributed by atoms with Crippen molar-refractivity contribution < 1.29 is 9.53 Å². The Kier molecular flexibility index (Phi) is 7.44. The Bertz CT molecular complexity index is 507. The van der Waals surface area contributed by atoms with Crippen molar-refractivity contribution in [1.29, 1.82) is 0 Å². The second-order valence-corrected chi connectivity index (χ2v) is 5.72. The van der Waals surface area contributed by atoms with Gasteiger partial charge in [-0.2, -0.15) is 0 Å². The molecule has 0 atom stereocenters. The minimum atomic E-state index is -0.303. The molecule has 1 amide bonds. The molecular weight excluding hydrogens is 274 g/mol. The van der Waals surface area contributed by atoms with E-state index in [-0.39, 0.29) is 18.2 Å². The van der Waals surface area contributed by atoms with E-state index in [1.54, 1.807) is 4.90 Å². The smallest absolute Gasteiger partial charge is 0.411 e. The Balaban J connectivity index is 2.82. The summed E-state index contributed by atoms with van der Waals surface area (Å²) in [6.07, 6.45) is 6.21. The molecule has 1 aromatic carbocycles. The third kappa shape index (κ3) is 5.76. The molecule has 0 N–H and O–H groups in total. The highest BCUT2D eigenvalue weighted by atomic mass is 16.6. The van der Waals surface area contributed by atoms with Gasteiger partial charge < -0.3 is 9.64 Å². The first-order valence-corrected chi connectivity index (χ1v) is 7.89. The summed E-state index contributed by atoms with van der Waals surface area (Å²) in [5.41, 5.74) is 1.07. The molecule has 1 aromatic rings. The summed E-state index contributed by atoms with van der Waals surface area (Å²) in [6.45, 7) is 9.98. The van der Waals surface area contributed by atoms with Gasteiger partial charge in [0.15, 0.2) is 0 Å². The molecule has 0 fully saturated rings. The number of hydrogen-bond donors (Lipinski definition) is 0. The molecule has 0 unspecified atom stereocenters. The highest BCUT2D eigenvalue weighted by molar-refractivity contribution is 5.70. The topological polar surface area (TPSA) is 29.5 Å². The van der Waals surface area contributed by atoms with Crippen LogP contribution in [0.15, 0.2) is 48.2 Å². The number of allylic oxidation sites excluding steroid dienone is 2. The number of nitrogens with zero attached hydrogens (tertiary/aromatic N) is 1. The van der Waals surface area contributed by atoms with Crippen LogP contribution >= 0.6 is 0 Å². The molecule has 120 valence electrons. The van der Waals surface area contributed by atoms with Gasteiger partial charge in [-0.05, 0) is 51.8 Å². The molecule has 0 spiro atoms. The SMILES string of the molecule is CC/C=C(/C=C/c1ccccc1)OC(=O)N(C(C)C)C(C)C. The molecule has 1 rings (SSSR count). The molecule has 0 aliphatic heterocycles. The minimum absolute atomic E-state index is 0.105. The fourth-order valence-electron chi connectivity index (χ4n) is 2.26. The van der Waals surface area contributed by atoms with E-state index in [4.69, 9.17) is 4.74 Å². The van der Waals surface area contributed by atoms with E-state index in [0.717, 1.165) is 12.0 Å². The van der Waals surface area contributed by atoms with Crippen molar-refractivity contribution in [3.8, 4) is 0 Å². The molecule has 0 saturated heterocycles. The van der Waals surface area contributed by atoms with Crippen molar-refractivity contribution in [2.24, 2.45) is 0 Å². The molecule has 0 radical (unpaired) electrons. The number of hydrogen-bond acceptors (Lipinski definition) is 2. The Hall–Kier alpha value is -2.03. The number of ether oxygens (including phenoxy) is 1. The predicted molar refractivity (Wildman–Crippen MR) is 92.4 cm³/mol. The van der Waals surface area contributed by atoms with Crippen molar-refractivity contribution >= 4 is 12.2 Å². The quantitative estimate of drug-likeness (QED) is 0.530. The third-order valence-electron chi connectivity index (χ3n) is 3.17. The van der Waals surface area contributed by atoms with Crippen LogP contribution in [0.5, 0.6) is 0 Å². The number of carbonyl (C=O) groups excluding carboxylic acids is 1. The molecule has 0 aliphatic rings. The maximum Gasteiger partial charge on any atom is 0.415 e. The van der Waals surface area contributed by atoms with Crippen LogP contribution in [-0.4, -0.2) is 23.1 Å². The van der Waals surface area contributed by atoms with Crippen LogP contribution in [0.3, 0.4) is 0 Å². The molecule has 0 heterocycles. The zero-order valence-corrected chi connectivity index (χ0v) is 14.2. The molecule has 0 aromatic heterocycles. The van der Waals surface area contributed by atoms with E-state index in [1.165, 1.54) is 0 Å². The zero-order chi connectivity index (χ0) is 16.5. The van der Waals surface area contributed by atoms with Gasteiger partial charge in [0.2, 0.25) is 0 Å². The van der Waals surface area contributed by atoms with Gasteiger partial charge >= 0.3 is 6.09 Å². The lowest BCUT2D eigenvalue weighted by atomic mass is 10.2. The zero-order valence-electron chi connectivity index (χ0n) is 14.2. The first-order chi connectivity index (χ1) is 10.5. The summed E-state index contributed by atoms with van der Waals surface area (Å²) in [7, 11) is 0. The lowest BCUT2D eigenvalue weighted by Gasteiger charge is -2.29. The van der Waals surface area contributed by atoms with E-state index in [0.29, 0.717) is 5.76 Å². The highest BCUT2D eigenvalue weighted by Gasteiger charge is 2.22. The van der Waals surface area contributed by atoms with E-state index >= 15 is 0 Å². The largest absolute Gasteiger partial charge is 0.415 e. The van der Waals surface area contributed by atoms with E-state index in [1.807, 2.05) is 83.2 Å². The maximum atomic E-state index is 12.4. The van der Waals surface area contributed by atoms with E-state index in [9.17, 15) is 4.79 Å². The predicted octanol–water partition coefficient (Wildman–Crippen LogP) is 5.25. The average Bonchev–Trinajstić information content (AvgIpc) is 2.45. The average molecular weight is 301 g/mol. The van der Waals surface area contributed by atoms with Crippen LogP contribution < -0.4 is 0 Å². The van der Waals surface area contributed by atoms with Crippen LogP contribution in [0.25, 0.3) is 6.08 Å². The molecule has 0 aliphatic carbocycles. The fourth-order valence-corrected chi connectivity index (χ4v) is 2.26. The van der Waals surface area contributed by atoms with Crippen molar-refractivity contribution in [2.75, 3.05) is 0 Å². The molecule has 3 heteroatoms. The normalized spacial score (nSPS) is 12.2. The third-order valence-corrected chi connectivity index (χ3v) is 3.17. The monoisotopic (exact) mass is 301 g/mol. The van der Waals surface area contributed by atoms with Crippen LogP contribution in [0.1, 0.15) is 46.6 Å². The standard InChI is InChI=1S/C19H27NO2/c1-6-10-18(14-13-17-11-8-7-9-12-17)22-19(21)20(15(2)3)16(4)5/h7-16H,6H2,1-5H3/b14-13+,18-10-. The van der Waals surface area contributed by atoms with Gasteiger partial charge in [-0.25, -0.2) is 4.79 Å². The minimum Gasteiger partial charge on any atom is -0.411 e. The first-order valence-electron chi connectivity index (χ1n) is 7.89. The molecule has 22 heavy (non-hydrogen) atoms. The van der Waals surface area contributed by atoms with Crippen LogP contribution in [0, 0.1) is 0 Å². The lowest BCUT2D eigenvalue weighted by molar-refractivity contribution is 0.104. The summed E-state index contributed by atoms with van der Waals surface area (Å²) >= 11 is 0. The summed E-state index contributed by atoms with van der Waals surface area (Å²) in [5.74, 6) is 0.586. The van der Waals surface area contributed by atoms with Crippen LogP contribution in [0.2, 0.25) is 0 Å². The number of amides is 1. The Labute approximate surface area is 134 Å². The highest BCUT2D eigenvalue weighted by Crippen LogP contribution is 2.13. The Morgan fingerprint density at radius 2 is 1.73 bits per heavy atom. The Morgan fingerprint density at radius 1 is 1.14 bits per heavy atom. The summed E-state index contributed by atoms with van der Waals surface area (Å²) < 4.78 is 5.56. The second kappa shape index (κ2) is 9.08. The summed E-state index contributed by atoms with van der Waals surface area (Å²) in [6, 6.07) is 10.2. The summed E-state index contributed by atoms with van der Waals surface area (Å²) in [5, 5.41) is 0. The van der Waals surface area contributed by atoms with Gasteiger partial charge in [0.05, 0.1) is 0 Å². The molecule has 3 nitrogen and oxygen atoms in total.